The summed E-state index contributed by atoms with van der Waals surface area (Å²) >= 11 is 0. The van der Waals surface area contributed by atoms with Crippen molar-refractivity contribution in [1.82, 2.24) is 4.98 Å². The lowest BCUT2D eigenvalue weighted by Crippen LogP contribution is -2.23. The van der Waals surface area contributed by atoms with Gasteiger partial charge in [-0.1, -0.05) is 25.3 Å². The van der Waals surface area contributed by atoms with Crippen LogP contribution in [0.15, 0.2) is 24.3 Å². The van der Waals surface area contributed by atoms with Gasteiger partial charge in [-0.2, -0.15) is 26.3 Å². The molecule has 0 spiro atoms. The van der Waals surface area contributed by atoms with Crippen molar-refractivity contribution in [2.45, 2.75) is 50.5 Å². The minimum atomic E-state index is -4.73. The van der Waals surface area contributed by atoms with Crippen LogP contribution in [0.25, 0.3) is 10.9 Å². The number of halogens is 6. The zero-order valence-corrected chi connectivity index (χ0v) is 13.1. The fourth-order valence-corrected chi connectivity index (χ4v) is 3.14. The average molecular weight is 362 g/mol. The van der Waals surface area contributed by atoms with Gasteiger partial charge in [0.2, 0.25) is 0 Å². The zero-order chi connectivity index (χ0) is 18.2. The van der Waals surface area contributed by atoms with Crippen LogP contribution in [0.4, 0.5) is 32.0 Å². The molecule has 1 aromatic heterocycles. The molecule has 0 unspecified atom stereocenters. The molecule has 25 heavy (non-hydrogen) atoms. The maximum absolute atomic E-state index is 13.1. The van der Waals surface area contributed by atoms with Gasteiger partial charge in [0.1, 0.15) is 5.69 Å². The Hall–Kier alpha value is -1.99. The van der Waals surface area contributed by atoms with E-state index in [1.54, 1.807) is 0 Å². The highest BCUT2D eigenvalue weighted by atomic mass is 19.4. The molecule has 1 saturated carbocycles. The molecule has 1 aliphatic carbocycles. The molecule has 2 aromatic rings. The van der Waals surface area contributed by atoms with Gasteiger partial charge in [-0.3, -0.25) is 0 Å². The molecule has 2 nitrogen and oxygen atoms in total. The second kappa shape index (κ2) is 6.38. The van der Waals surface area contributed by atoms with Crippen LogP contribution < -0.4 is 5.32 Å². The first kappa shape index (κ1) is 17.8. The molecule has 8 heteroatoms. The van der Waals surface area contributed by atoms with E-state index in [0.29, 0.717) is 6.07 Å². The van der Waals surface area contributed by atoms with Crippen LogP contribution in [-0.4, -0.2) is 11.0 Å². The summed E-state index contributed by atoms with van der Waals surface area (Å²) in [6.45, 7) is 0. The van der Waals surface area contributed by atoms with Crippen molar-refractivity contribution in [3.63, 3.8) is 0 Å². The van der Waals surface area contributed by atoms with E-state index in [2.05, 4.69) is 10.3 Å². The predicted molar refractivity (Wildman–Crippen MR) is 82.2 cm³/mol. The number of aromatic nitrogens is 1. The average Bonchev–Trinajstić information content (AvgIpc) is 2.53. The summed E-state index contributed by atoms with van der Waals surface area (Å²) in [6, 6.07) is 3.60. The monoisotopic (exact) mass is 362 g/mol. The molecule has 1 heterocycles. The smallest absolute Gasteiger partial charge is 0.382 e. The number of hydrogen-bond donors (Lipinski definition) is 1. The molecule has 0 radical (unpaired) electrons. The van der Waals surface area contributed by atoms with Crippen molar-refractivity contribution >= 4 is 16.6 Å². The fourth-order valence-electron chi connectivity index (χ4n) is 3.14. The maximum Gasteiger partial charge on any atom is 0.433 e. The van der Waals surface area contributed by atoms with Crippen molar-refractivity contribution in [3.05, 3.63) is 35.5 Å². The molecule has 1 aromatic carbocycles. The SMILES string of the molecule is FC(F)(F)c1ccc2c(NC3CCCCC3)cc(C(F)(F)F)nc2c1. The highest BCUT2D eigenvalue weighted by Gasteiger charge is 2.35. The van der Waals surface area contributed by atoms with Crippen molar-refractivity contribution in [2.24, 2.45) is 0 Å². The van der Waals surface area contributed by atoms with E-state index in [1.165, 1.54) is 6.07 Å². The van der Waals surface area contributed by atoms with Crippen LogP contribution in [0.3, 0.4) is 0 Å². The van der Waals surface area contributed by atoms with Gasteiger partial charge < -0.3 is 5.32 Å². The number of benzene rings is 1. The van der Waals surface area contributed by atoms with Crippen molar-refractivity contribution in [3.8, 4) is 0 Å². The number of fused-ring (bicyclic) bond motifs is 1. The predicted octanol–water partition coefficient (Wildman–Crippen LogP) is 6.02. The largest absolute Gasteiger partial charge is 0.433 e. The van der Waals surface area contributed by atoms with E-state index >= 15 is 0 Å². The number of nitrogens with one attached hydrogen (secondary N) is 1. The first-order valence-electron chi connectivity index (χ1n) is 8.00. The normalized spacial score (nSPS) is 17.0. The van der Waals surface area contributed by atoms with Gasteiger partial charge in [-0.05, 0) is 31.0 Å². The first-order valence-corrected chi connectivity index (χ1v) is 8.00. The van der Waals surface area contributed by atoms with Crippen LogP contribution in [-0.2, 0) is 12.4 Å². The fraction of sp³-hybridized carbons (Fsp3) is 0.471. The Bertz CT molecular complexity index is 755. The van der Waals surface area contributed by atoms with Gasteiger partial charge in [-0.15, -0.1) is 0 Å². The third-order valence-electron chi connectivity index (χ3n) is 4.39. The highest BCUT2D eigenvalue weighted by molar-refractivity contribution is 5.92. The summed E-state index contributed by atoms with van der Waals surface area (Å²) < 4.78 is 77.9. The van der Waals surface area contributed by atoms with Crippen molar-refractivity contribution in [1.29, 1.82) is 0 Å². The van der Waals surface area contributed by atoms with Gasteiger partial charge >= 0.3 is 12.4 Å². The molecular formula is C17H16F6N2. The van der Waals surface area contributed by atoms with Crippen LogP contribution in [0.1, 0.15) is 43.4 Å². The van der Waals surface area contributed by atoms with E-state index in [4.69, 9.17) is 0 Å². The number of pyridine rings is 1. The Morgan fingerprint density at radius 3 is 2.16 bits per heavy atom. The van der Waals surface area contributed by atoms with Gasteiger partial charge in [0, 0.05) is 17.1 Å². The van der Waals surface area contributed by atoms with Crippen LogP contribution in [0.2, 0.25) is 0 Å². The standard InChI is InChI=1S/C17H16F6N2/c18-16(19,20)10-6-7-12-13(8-10)25-15(17(21,22)23)9-14(12)24-11-4-2-1-3-5-11/h6-9,11H,1-5H2,(H,24,25). The second-order valence-electron chi connectivity index (χ2n) is 6.26. The number of anilines is 1. The molecular weight excluding hydrogens is 346 g/mol. The molecule has 1 aliphatic rings. The molecule has 136 valence electrons. The topological polar surface area (TPSA) is 24.9 Å². The summed E-state index contributed by atoms with van der Waals surface area (Å²) in [5, 5.41) is 3.33. The number of alkyl halides is 6. The maximum atomic E-state index is 13.1. The summed E-state index contributed by atoms with van der Waals surface area (Å²) in [6.07, 6.45) is -4.68. The van der Waals surface area contributed by atoms with E-state index in [0.717, 1.165) is 44.2 Å². The highest BCUT2D eigenvalue weighted by Crippen LogP contribution is 2.37. The zero-order valence-electron chi connectivity index (χ0n) is 13.1. The third kappa shape index (κ3) is 3.99. The van der Waals surface area contributed by atoms with Gasteiger partial charge in [-0.25, -0.2) is 4.98 Å². The van der Waals surface area contributed by atoms with Crippen LogP contribution >= 0.6 is 0 Å². The Kier molecular flexibility index (Phi) is 4.55. The van der Waals surface area contributed by atoms with E-state index in [1.807, 2.05) is 0 Å². The molecule has 3 rings (SSSR count). The number of nitrogens with zero attached hydrogens (tertiary/aromatic N) is 1. The molecule has 0 bridgehead atoms. The lowest BCUT2D eigenvalue weighted by molar-refractivity contribution is -0.140. The molecule has 0 saturated heterocycles. The molecule has 0 atom stereocenters. The van der Waals surface area contributed by atoms with Gasteiger partial charge in [0.15, 0.2) is 0 Å². The summed E-state index contributed by atoms with van der Waals surface area (Å²) in [7, 11) is 0. The lowest BCUT2D eigenvalue weighted by Gasteiger charge is -2.25. The molecule has 1 N–H and O–H groups in total. The number of rotatable bonds is 2. The summed E-state index contributed by atoms with van der Waals surface area (Å²) in [5.74, 6) is 0. The summed E-state index contributed by atoms with van der Waals surface area (Å²) in [4.78, 5) is 3.41. The lowest BCUT2D eigenvalue weighted by atomic mass is 9.95. The second-order valence-corrected chi connectivity index (χ2v) is 6.26. The quantitative estimate of drug-likeness (QED) is 0.661. The minimum Gasteiger partial charge on any atom is -0.382 e. The Morgan fingerprint density at radius 1 is 0.880 bits per heavy atom. The van der Waals surface area contributed by atoms with Crippen LogP contribution in [0.5, 0.6) is 0 Å². The molecule has 0 aliphatic heterocycles. The minimum absolute atomic E-state index is 0.0164. The molecule has 1 fully saturated rings. The van der Waals surface area contributed by atoms with Crippen LogP contribution in [0, 0.1) is 0 Å². The molecule has 0 amide bonds. The van der Waals surface area contributed by atoms with E-state index in [-0.39, 0.29) is 22.6 Å². The Balaban J connectivity index is 2.09. The van der Waals surface area contributed by atoms with E-state index in [9.17, 15) is 26.3 Å². The van der Waals surface area contributed by atoms with Crippen molar-refractivity contribution in [2.75, 3.05) is 5.32 Å². The Morgan fingerprint density at radius 2 is 1.56 bits per heavy atom. The van der Waals surface area contributed by atoms with E-state index < -0.39 is 23.6 Å². The van der Waals surface area contributed by atoms with Gasteiger partial charge in [0.25, 0.3) is 0 Å². The number of hydrogen-bond acceptors (Lipinski definition) is 2. The first-order chi connectivity index (χ1) is 11.6. The third-order valence-corrected chi connectivity index (χ3v) is 4.39. The van der Waals surface area contributed by atoms with Crippen molar-refractivity contribution < 1.29 is 26.3 Å². The summed E-state index contributed by atoms with van der Waals surface area (Å²) in [5.41, 5.74) is -2.35. The van der Waals surface area contributed by atoms with Gasteiger partial charge in [0.05, 0.1) is 11.1 Å². The Labute approximate surface area is 140 Å².